The molecule has 3 N–H and O–H groups in total. The summed E-state index contributed by atoms with van der Waals surface area (Å²) in [5.74, 6) is 4.30. The molecule has 3 nitrogen and oxygen atoms in total. The lowest BCUT2D eigenvalue weighted by Gasteiger charge is -2.32. The van der Waals surface area contributed by atoms with E-state index in [4.69, 9.17) is 10.6 Å². The first-order chi connectivity index (χ1) is 10.2. The number of hydrogen-bond acceptors (Lipinski definition) is 3. The Morgan fingerprint density at radius 1 is 1.10 bits per heavy atom. The van der Waals surface area contributed by atoms with Crippen LogP contribution in [0.5, 0.6) is 0 Å². The predicted octanol–water partition coefficient (Wildman–Crippen LogP) is 2.78. The highest BCUT2D eigenvalue weighted by atomic mass is 19.1. The van der Waals surface area contributed by atoms with Crippen LogP contribution in [0, 0.1) is 11.6 Å². The summed E-state index contributed by atoms with van der Waals surface area (Å²) in [5.41, 5.74) is 4.44. The maximum Gasteiger partial charge on any atom is 0.131 e. The van der Waals surface area contributed by atoms with E-state index in [-0.39, 0.29) is 5.56 Å². The van der Waals surface area contributed by atoms with E-state index >= 15 is 0 Å². The normalized spacial score (nSPS) is 19.1. The van der Waals surface area contributed by atoms with Crippen LogP contribution in [0.3, 0.4) is 0 Å². The Kier molecular flexibility index (Phi) is 3.96. The van der Waals surface area contributed by atoms with Gasteiger partial charge in [0.15, 0.2) is 0 Å². The number of ether oxygens (including phenoxy) is 1. The molecule has 2 atom stereocenters. The van der Waals surface area contributed by atoms with Gasteiger partial charge in [0.2, 0.25) is 0 Å². The van der Waals surface area contributed by atoms with Crippen molar-refractivity contribution in [2.75, 3.05) is 6.61 Å². The minimum atomic E-state index is -0.785. The second-order valence-corrected chi connectivity index (χ2v) is 5.02. The van der Waals surface area contributed by atoms with Crippen molar-refractivity contribution in [3.63, 3.8) is 0 Å². The van der Waals surface area contributed by atoms with Gasteiger partial charge in [0, 0.05) is 5.56 Å². The maximum atomic E-state index is 14.0. The fourth-order valence-corrected chi connectivity index (χ4v) is 2.83. The first-order valence-corrected chi connectivity index (χ1v) is 6.82. The zero-order valence-corrected chi connectivity index (χ0v) is 11.4. The Balaban J connectivity index is 2.06. The molecule has 5 heteroatoms. The minimum Gasteiger partial charge on any atom is -0.371 e. The van der Waals surface area contributed by atoms with Gasteiger partial charge in [0.05, 0.1) is 12.6 Å². The molecule has 3 rings (SSSR count). The van der Waals surface area contributed by atoms with E-state index in [2.05, 4.69) is 5.43 Å². The van der Waals surface area contributed by atoms with Gasteiger partial charge in [-0.25, -0.2) is 14.2 Å². The Morgan fingerprint density at radius 3 is 2.52 bits per heavy atom. The molecule has 2 unspecified atom stereocenters. The second kappa shape index (κ2) is 5.89. The van der Waals surface area contributed by atoms with Crippen molar-refractivity contribution in [2.45, 2.75) is 18.6 Å². The summed E-state index contributed by atoms with van der Waals surface area (Å²) in [6.45, 7) is 0.496. The number of hydrazine groups is 1. The quantitative estimate of drug-likeness (QED) is 0.675. The fourth-order valence-electron chi connectivity index (χ4n) is 2.83. The standard InChI is InChI=1S/C16H16F2N2O/c17-12-6-3-7-13(18)14(12)15(20-19)16-11-5-2-1-4-10(11)8-9-21-16/h1-7,15-16,20H,8-9,19H2. The molecular weight excluding hydrogens is 274 g/mol. The van der Waals surface area contributed by atoms with Crippen LogP contribution in [-0.2, 0) is 11.2 Å². The van der Waals surface area contributed by atoms with Crippen LogP contribution in [0.25, 0.3) is 0 Å². The van der Waals surface area contributed by atoms with Crippen molar-refractivity contribution in [1.82, 2.24) is 5.43 Å². The monoisotopic (exact) mass is 290 g/mol. The van der Waals surface area contributed by atoms with E-state index in [1.807, 2.05) is 24.3 Å². The molecule has 2 aromatic rings. The van der Waals surface area contributed by atoms with Crippen LogP contribution < -0.4 is 11.3 Å². The van der Waals surface area contributed by atoms with E-state index < -0.39 is 23.8 Å². The first-order valence-electron chi connectivity index (χ1n) is 6.82. The van der Waals surface area contributed by atoms with Crippen molar-refractivity contribution in [1.29, 1.82) is 0 Å². The average molecular weight is 290 g/mol. The number of hydrogen-bond donors (Lipinski definition) is 2. The molecule has 0 radical (unpaired) electrons. The van der Waals surface area contributed by atoms with Crippen molar-refractivity contribution < 1.29 is 13.5 Å². The molecule has 0 saturated carbocycles. The largest absolute Gasteiger partial charge is 0.371 e. The van der Waals surface area contributed by atoms with Crippen LogP contribution >= 0.6 is 0 Å². The van der Waals surface area contributed by atoms with Crippen molar-refractivity contribution in [3.8, 4) is 0 Å². The predicted molar refractivity (Wildman–Crippen MR) is 75.3 cm³/mol. The highest BCUT2D eigenvalue weighted by molar-refractivity contribution is 5.35. The molecule has 0 bridgehead atoms. The maximum absolute atomic E-state index is 14.0. The smallest absolute Gasteiger partial charge is 0.131 e. The van der Waals surface area contributed by atoms with Crippen LogP contribution in [0.1, 0.15) is 28.8 Å². The van der Waals surface area contributed by atoms with Crippen LogP contribution in [-0.4, -0.2) is 6.61 Å². The average Bonchev–Trinajstić information content (AvgIpc) is 2.51. The third kappa shape index (κ3) is 2.55. The van der Waals surface area contributed by atoms with Gasteiger partial charge in [-0.3, -0.25) is 5.84 Å². The summed E-state index contributed by atoms with van der Waals surface area (Å²) in [6, 6.07) is 10.7. The van der Waals surface area contributed by atoms with Crippen LogP contribution in [0.2, 0.25) is 0 Å². The molecule has 0 saturated heterocycles. The summed E-state index contributed by atoms with van der Waals surface area (Å²) in [6.07, 6.45) is 0.260. The number of benzene rings is 2. The highest BCUT2D eigenvalue weighted by Crippen LogP contribution is 2.38. The Hall–Kier alpha value is -1.82. The van der Waals surface area contributed by atoms with E-state index in [9.17, 15) is 8.78 Å². The van der Waals surface area contributed by atoms with E-state index in [0.717, 1.165) is 17.5 Å². The van der Waals surface area contributed by atoms with E-state index in [1.54, 1.807) is 0 Å². The molecule has 0 amide bonds. The molecule has 1 heterocycles. The zero-order chi connectivity index (χ0) is 14.8. The summed E-state index contributed by atoms with van der Waals surface area (Å²) in [5, 5.41) is 0. The number of nitrogens with one attached hydrogen (secondary N) is 1. The number of fused-ring (bicyclic) bond motifs is 1. The fraction of sp³-hybridized carbons (Fsp3) is 0.250. The SMILES string of the molecule is NNC(c1c(F)cccc1F)C1OCCc2ccccc21. The van der Waals surface area contributed by atoms with E-state index in [0.29, 0.717) is 6.61 Å². The lowest BCUT2D eigenvalue weighted by Crippen LogP contribution is -2.36. The summed E-state index contributed by atoms with van der Waals surface area (Å²) >= 11 is 0. The third-order valence-corrected chi connectivity index (χ3v) is 3.82. The Bertz CT molecular complexity index is 628. The van der Waals surface area contributed by atoms with Gasteiger partial charge < -0.3 is 4.74 Å². The molecule has 21 heavy (non-hydrogen) atoms. The van der Waals surface area contributed by atoms with E-state index in [1.165, 1.54) is 18.2 Å². The summed E-state index contributed by atoms with van der Waals surface area (Å²) < 4.78 is 33.8. The lowest BCUT2D eigenvalue weighted by molar-refractivity contribution is 0.0130. The van der Waals surface area contributed by atoms with Gasteiger partial charge >= 0.3 is 0 Å². The number of nitrogens with two attached hydrogens (primary N) is 1. The molecule has 0 fully saturated rings. The summed E-state index contributed by atoms with van der Waals surface area (Å²) in [7, 11) is 0. The molecule has 0 aliphatic carbocycles. The molecule has 1 aliphatic heterocycles. The lowest BCUT2D eigenvalue weighted by atomic mass is 9.89. The van der Waals surface area contributed by atoms with Gasteiger partial charge in [0.25, 0.3) is 0 Å². The summed E-state index contributed by atoms with van der Waals surface area (Å²) in [4.78, 5) is 0. The van der Waals surface area contributed by atoms with Gasteiger partial charge in [-0.2, -0.15) is 0 Å². The first kappa shape index (κ1) is 14.1. The second-order valence-electron chi connectivity index (χ2n) is 5.02. The third-order valence-electron chi connectivity index (χ3n) is 3.82. The molecule has 0 aromatic heterocycles. The number of halogens is 2. The Morgan fingerprint density at radius 2 is 1.81 bits per heavy atom. The molecular formula is C16H16F2N2O. The number of rotatable bonds is 3. The molecule has 0 spiro atoms. The molecule has 1 aliphatic rings. The topological polar surface area (TPSA) is 47.3 Å². The van der Waals surface area contributed by atoms with Crippen molar-refractivity contribution in [2.24, 2.45) is 5.84 Å². The van der Waals surface area contributed by atoms with Crippen LogP contribution in [0.15, 0.2) is 42.5 Å². The molecule has 2 aromatic carbocycles. The zero-order valence-electron chi connectivity index (χ0n) is 11.4. The highest BCUT2D eigenvalue weighted by Gasteiger charge is 2.32. The van der Waals surface area contributed by atoms with Gasteiger partial charge in [-0.05, 0) is 29.7 Å². The van der Waals surface area contributed by atoms with Gasteiger partial charge in [-0.15, -0.1) is 0 Å². The van der Waals surface area contributed by atoms with Gasteiger partial charge in [0.1, 0.15) is 17.7 Å². The Labute approximate surface area is 121 Å². The van der Waals surface area contributed by atoms with Crippen molar-refractivity contribution in [3.05, 3.63) is 70.8 Å². The van der Waals surface area contributed by atoms with Gasteiger partial charge in [-0.1, -0.05) is 30.3 Å². The minimum absolute atomic E-state index is 0.0956. The van der Waals surface area contributed by atoms with Crippen molar-refractivity contribution >= 4 is 0 Å². The molecule has 110 valence electrons. The van der Waals surface area contributed by atoms with Crippen LogP contribution in [0.4, 0.5) is 8.78 Å².